The molecule has 2 N–H and O–H groups in total. The third-order valence-electron chi connectivity index (χ3n) is 1.25. The molecule has 3 heteroatoms. The molecule has 11 heavy (non-hydrogen) atoms. The Morgan fingerprint density at radius 3 is 2.91 bits per heavy atom. The van der Waals surface area contributed by atoms with Gasteiger partial charge < -0.3 is 5.73 Å². The van der Waals surface area contributed by atoms with Crippen LogP contribution in [0.25, 0.3) is 0 Å². The standard InChI is InChI=1S/C8H11N3/c1-7(9)3-4-8-5-6-10-11(8)2/h5-7H,9H2,1-2H3. The average Bonchev–Trinajstić information content (AvgIpc) is 2.31. The first-order valence-electron chi connectivity index (χ1n) is 3.45. The summed E-state index contributed by atoms with van der Waals surface area (Å²) >= 11 is 0. The van der Waals surface area contributed by atoms with Crippen LogP contribution in [0.5, 0.6) is 0 Å². The molecule has 0 fully saturated rings. The first kappa shape index (κ1) is 7.83. The normalized spacial score (nSPS) is 11.9. The number of aryl methyl sites for hydroxylation is 1. The second-order valence-corrected chi connectivity index (χ2v) is 2.40. The van der Waals surface area contributed by atoms with Crippen molar-refractivity contribution in [1.82, 2.24) is 9.78 Å². The zero-order valence-electron chi connectivity index (χ0n) is 6.70. The minimum atomic E-state index is -0.0788. The predicted octanol–water partition coefficient (Wildman–Crippen LogP) is 0.119. The number of aromatic nitrogens is 2. The van der Waals surface area contributed by atoms with Crippen molar-refractivity contribution < 1.29 is 0 Å². The summed E-state index contributed by atoms with van der Waals surface area (Å²) in [6, 6.07) is 1.78. The second-order valence-electron chi connectivity index (χ2n) is 2.40. The van der Waals surface area contributed by atoms with Crippen molar-refractivity contribution in [1.29, 1.82) is 0 Å². The minimum Gasteiger partial charge on any atom is -0.318 e. The molecule has 0 spiro atoms. The van der Waals surface area contributed by atoms with E-state index in [4.69, 9.17) is 5.73 Å². The van der Waals surface area contributed by atoms with Gasteiger partial charge >= 0.3 is 0 Å². The number of nitrogens with two attached hydrogens (primary N) is 1. The summed E-state index contributed by atoms with van der Waals surface area (Å²) in [4.78, 5) is 0. The molecule has 0 aromatic carbocycles. The number of rotatable bonds is 0. The zero-order valence-corrected chi connectivity index (χ0v) is 6.70. The Hall–Kier alpha value is -1.27. The molecule has 58 valence electrons. The van der Waals surface area contributed by atoms with E-state index in [-0.39, 0.29) is 6.04 Å². The maximum atomic E-state index is 5.46. The summed E-state index contributed by atoms with van der Waals surface area (Å²) in [6.07, 6.45) is 1.71. The Labute approximate surface area is 66.2 Å². The Balaban J connectivity index is 2.81. The van der Waals surface area contributed by atoms with Crippen LogP contribution >= 0.6 is 0 Å². The van der Waals surface area contributed by atoms with Gasteiger partial charge in [-0.25, -0.2) is 0 Å². The molecule has 0 aliphatic rings. The van der Waals surface area contributed by atoms with Gasteiger partial charge in [0.15, 0.2) is 0 Å². The van der Waals surface area contributed by atoms with Crippen LogP contribution in [0.4, 0.5) is 0 Å². The van der Waals surface area contributed by atoms with Gasteiger partial charge in [-0.2, -0.15) is 5.10 Å². The number of nitrogens with zero attached hydrogens (tertiary/aromatic N) is 2. The fourth-order valence-electron chi connectivity index (χ4n) is 0.684. The van der Waals surface area contributed by atoms with E-state index in [2.05, 4.69) is 16.9 Å². The van der Waals surface area contributed by atoms with E-state index in [9.17, 15) is 0 Å². The van der Waals surface area contributed by atoms with Crippen LogP contribution in [-0.2, 0) is 7.05 Å². The molecule has 1 aromatic heterocycles. The highest BCUT2D eigenvalue weighted by Gasteiger charge is 1.90. The molecule has 3 nitrogen and oxygen atoms in total. The highest BCUT2D eigenvalue weighted by Crippen LogP contribution is 1.91. The van der Waals surface area contributed by atoms with Crippen LogP contribution in [0.15, 0.2) is 12.3 Å². The topological polar surface area (TPSA) is 43.8 Å². The summed E-state index contributed by atoms with van der Waals surface area (Å²) in [7, 11) is 1.85. The van der Waals surface area contributed by atoms with Gasteiger partial charge in [-0.05, 0) is 18.9 Å². The average molecular weight is 149 g/mol. The Kier molecular flexibility index (Phi) is 2.29. The van der Waals surface area contributed by atoms with Crippen LogP contribution in [0.3, 0.4) is 0 Å². The molecule has 0 aliphatic heterocycles. The maximum absolute atomic E-state index is 5.46. The Bertz CT molecular complexity index is 288. The van der Waals surface area contributed by atoms with E-state index >= 15 is 0 Å². The zero-order chi connectivity index (χ0) is 8.27. The van der Waals surface area contributed by atoms with E-state index < -0.39 is 0 Å². The second kappa shape index (κ2) is 3.22. The summed E-state index contributed by atoms with van der Waals surface area (Å²) in [5.74, 6) is 5.77. The van der Waals surface area contributed by atoms with Crippen molar-refractivity contribution >= 4 is 0 Å². The van der Waals surface area contributed by atoms with Gasteiger partial charge in [0.05, 0.1) is 12.2 Å². The van der Waals surface area contributed by atoms with Crippen LogP contribution in [0.1, 0.15) is 12.6 Å². The van der Waals surface area contributed by atoms with Crippen molar-refractivity contribution in [2.75, 3.05) is 0 Å². The van der Waals surface area contributed by atoms with Crippen molar-refractivity contribution in [2.24, 2.45) is 12.8 Å². The summed E-state index contributed by atoms with van der Waals surface area (Å²) in [5, 5.41) is 3.97. The molecule has 0 saturated carbocycles. The molecule has 0 radical (unpaired) electrons. The van der Waals surface area contributed by atoms with Crippen LogP contribution in [0, 0.1) is 11.8 Å². The van der Waals surface area contributed by atoms with Crippen molar-refractivity contribution in [2.45, 2.75) is 13.0 Å². The van der Waals surface area contributed by atoms with E-state index in [1.165, 1.54) is 0 Å². The highest BCUT2D eigenvalue weighted by molar-refractivity contribution is 5.27. The quantitative estimate of drug-likeness (QED) is 0.532. The van der Waals surface area contributed by atoms with Gasteiger partial charge in [-0.15, -0.1) is 0 Å². The number of hydrogen-bond donors (Lipinski definition) is 1. The Morgan fingerprint density at radius 2 is 2.45 bits per heavy atom. The van der Waals surface area contributed by atoms with Gasteiger partial charge in [0, 0.05) is 7.05 Å². The molecule has 0 amide bonds. The SMILES string of the molecule is CC(N)C#Cc1ccnn1C. The molecule has 0 aliphatic carbocycles. The molecule has 1 aromatic rings. The van der Waals surface area contributed by atoms with Gasteiger partial charge in [0.25, 0.3) is 0 Å². The molecule has 1 atom stereocenters. The maximum Gasteiger partial charge on any atom is 0.110 e. The number of hydrogen-bond acceptors (Lipinski definition) is 2. The van der Waals surface area contributed by atoms with Gasteiger partial charge in [0.1, 0.15) is 5.69 Å². The smallest absolute Gasteiger partial charge is 0.110 e. The van der Waals surface area contributed by atoms with Gasteiger partial charge in [-0.3, -0.25) is 4.68 Å². The molecule has 1 heterocycles. The Morgan fingerprint density at radius 1 is 1.73 bits per heavy atom. The minimum absolute atomic E-state index is 0.0788. The first-order valence-corrected chi connectivity index (χ1v) is 3.45. The van der Waals surface area contributed by atoms with E-state index in [0.717, 1.165) is 5.69 Å². The molecular weight excluding hydrogens is 138 g/mol. The largest absolute Gasteiger partial charge is 0.318 e. The summed E-state index contributed by atoms with van der Waals surface area (Å²) < 4.78 is 1.72. The molecule has 1 unspecified atom stereocenters. The fourth-order valence-corrected chi connectivity index (χ4v) is 0.684. The molecule has 1 rings (SSSR count). The molecular formula is C8H11N3. The third-order valence-corrected chi connectivity index (χ3v) is 1.25. The predicted molar refractivity (Wildman–Crippen MR) is 43.7 cm³/mol. The lowest BCUT2D eigenvalue weighted by Crippen LogP contribution is -2.11. The summed E-state index contributed by atoms with van der Waals surface area (Å²) in [5.41, 5.74) is 6.35. The lowest BCUT2D eigenvalue weighted by Gasteiger charge is -1.91. The van der Waals surface area contributed by atoms with Crippen molar-refractivity contribution in [3.63, 3.8) is 0 Å². The van der Waals surface area contributed by atoms with Crippen molar-refractivity contribution in [3.05, 3.63) is 18.0 Å². The monoisotopic (exact) mass is 149 g/mol. The van der Waals surface area contributed by atoms with Crippen LogP contribution in [0.2, 0.25) is 0 Å². The lowest BCUT2D eigenvalue weighted by molar-refractivity contribution is 0.757. The van der Waals surface area contributed by atoms with Crippen LogP contribution in [-0.4, -0.2) is 15.8 Å². The van der Waals surface area contributed by atoms with E-state index in [1.807, 2.05) is 20.0 Å². The van der Waals surface area contributed by atoms with E-state index in [1.54, 1.807) is 10.9 Å². The van der Waals surface area contributed by atoms with E-state index in [0.29, 0.717) is 0 Å². The third kappa shape index (κ3) is 2.10. The van der Waals surface area contributed by atoms with Crippen LogP contribution < -0.4 is 5.73 Å². The highest BCUT2D eigenvalue weighted by atomic mass is 15.2. The molecule has 0 saturated heterocycles. The molecule has 0 bridgehead atoms. The van der Waals surface area contributed by atoms with Gasteiger partial charge in [-0.1, -0.05) is 5.92 Å². The van der Waals surface area contributed by atoms with Gasteiger partial charge in [0.2, 0.25) is 0 Å². The fraction of sp³-hybridized carbons (Fsp3) is 0.375. The first-order chi connectivity index (χ1) is 5.20. The lowest BCUT2D eigenvalue weighted by atomic mass is 10.3. The summed E-state index contributed by atoms with van der Waals surface area (Å²) in [6.45, 7) is 1.85. The van der Waals surface area contributed by atoms with Crippen molar-refractivity contribution in [3.8, 4) is 11.8 Å².